The molecule has 5 nitrogen and oxygen atoms in total. The molecular weight excluding hydrogens is 311 g/mol. The standard InChI is InChI=1S/C8H6Cl2O5S2/c1-5(11)6-2-7(16(9,12)13)4-8(3-6)17(10,14)15/h2-4H,1H3. The Hall–Kier alpha value is -0.630. The summed E-state index contributed by atoms with van der Waals surface area (Å²) in [6, 6.07) is 2.75. The van der Waals surface area contributed by atoms with Gasteiger partial charge in [-0.1, -0.05) is 0 Å². The zero-order valence-electron chi connectivity index (χ0n) is 8.35. The Bertz CT molecular complexity index is 626. The highest BCUT2D eigenvalue weighted by Gasteiger charge is 2.19. The molecule has 0 fully saturated rings. The lowest BCUT2D eigenvalue weighted by atomic mass is 10.1. The van der Waals surface area contributed by atoms with Gasteiger partial charge in [-0.05, 0) is 25.1 Å². The first-order chi connectivity index (χ1) is 7.51. The molecule has 1 rings (SSSR count). The molecule has 0 N–H and O–H groups in total. The van der Waals surface area contributed by atoms with E-state index in [9.17, 15) is 21.6 Å². The average molecular weight is 317 g/mol. The molecule has 1 aromatic carbocycles. The minimum absolute atomic E-state index is 0.106. The van der Waals surface area contributed by atoms with Crippen molar-refractivity contribution in [3.8, 4) is 0 Å². The third kappa shape index (κ3) is 3.67. The van der Waals surface area contributed by atoms with Crippen molar-refractivity contribution < 1.29 is 21.6 Å². The van der Waals surface area contributed by atoms with Crippen LogP contribution in [0.2, 0.25) is 0 Å². The number of carbonyl (C=O) groups excluding carboxylic acids is 1. The SMILES string of the molecule is CC(=O)c1cc(S(=O)(=O)Cl)cc(S(=O)(=O)Cl)c1. The van der Waals surface area contributed by atoms with Crippen molar-refractivity contribution in [3.63, 3.8) is 0 Å². The van der Waals surface area contributed by atoms with E-state index in [1.807, 2.05) is 0 Å². The summed E-state index contributed by atoms with van der Waals surface area (Å²) >= 11 is 0. The summed E-state index contributed by atoms with van der Waals surface area (Å²) in [5.41, 5.74) is -0.106. The molecule has 0 heterocycles. The minimum atomic E-state index is -4.14. The van der Waals surface area contributed by atoms with E-state index in [2.05, 4.69) is 0 Å². The number of Topliss-reactive ketones (excluding diaryl/α,β-unsaturated/α-hetero) is 1. The smallest absolute Gasteiger partial charge is 0.261 e. The topological polar surface area (TPSA) is 85.3 Å². The van der Waals surface area contributed by atoms with Crippen LogP contribution < -0.4 is 0 Å². The molecule has 0 atom stereocenters. The molecule has 94 valence electrons. The predicted molar refractivity (Wildman–Crippen MR) is 62.5 cm³/mol. The van der Waals surface area contributed by atoms with Gasteiger partial charge < -0.3 is 0 Å². The lowest BCUT2D eigenvalue weighted by Gasteiger charge is -2.03. The fraction of sp³-hybridized carbons (Fsp3) is 0.125. The second kappa shape index (κ2) is 4.56. The first kappa shape index (κ1) is 14.4. The number of hydrogen-bond donors (Lipinski definition) is 0. The van der Waals surface area contributed by atoms with Gasteiger partial charge >= 0.3 is 0 Å². The summed E-state index contributed by atoms with van der Waals surface area (Å²) in [7, 11) is 1.87. The second-order valence-corrected chi connectivity index (χ2v) is 8.26. The Morgan fingerprint density at radius 2 is 1.29 bits per heavy atom. The van der Waals surface area contributed by atoms with E-state index >= 15 is 0 Å². The highest BCUT2D eigenvalue weighted by atomic mass is 35.7. The third-order valence-corrected chi connectivity index (χ3v) is 4.52. The van der Waals surface area contributed by atoms with Gasteiger partial charge in [0, 0.05) is 26.9 Å². The van der Waals surface area contributed by atoms with Crippen LogP contribution in [0, 0.1) is 0 Å². The molecule has 0 saturated carbocycles. The zero-order valence-corrected chi connectivity index (χ0v) is 11.5. The number of carbonyl (C=O) groups is 1. The lowest BCUT2D eigenvalue weighted by Crippen LogP contribution is -2.01. The average Bonchev–Trinajstić information content (AvgIpc) is 2.14. The molecule has 0 aromatic heterocycles. The fourth-order valence-corrected chi connectivity index (χ4v) is 2.74. The first-order valence-corrected chi connectivity index (χ1v) is 8.69. The molecule has 0 spiro atoms. The Kier molecular flexibility index (Phi) is 3.87. The van der Waals surface area contributed by atoms with E-state index in [1.165, 1.54) is 0 Å². The summed E-state index contributed by atoms with van der Waals surface area (Å²) in [4.78, 5) is 10.1. The quantitative estimate of drug-likeness (QED) is 0.626. The van der Waals surface area contributed by atoms with Crippen molar-refractivity contribution in [2.45, 2.75) is 16.7 Å². The van der Waals surface area contributed by atoms with Crippen molar-refractivity contribution in [1.82, 2.24) is 0 Å². The van der Waals surface area contributed by atoms with Gasteiger partial charge in [0.05, 0.1) is 9.79 Å². The minimum Gasteiger partial charge on any atom is -0.295 e. The number of benzene rings is 1. The molecule has 0 aliphatic heterocycles. The molecule has 0 radical (unpaired) electrons. The number of ketones is 1. The van der Waals surface area contributed by atoms with E-state index in [1.54, 1.807) is 0 Å². The van der Waals surface area contributed by atoms with Gasteiger partial charge in [-0.15, -0.1) is 0 Å². The van der Waals surface area contributed by atoms with E-state index in [-0.39, 0.29) is 5.56 Å². The summed E-state index contributed by atoms with van der Waals surface area (Å²) in [5.74, 6) is -0.506. The van der Waals surface area contributed by atoms with Crippen LogP contribution >= 0.6 is 21.4 Å². The van der Waals surface area contributed by atoms with Crippen molar-refractivity contribution >= 4 is 45.2 Å². The van der Waals surface area contributed by atoms with Crippen LogP contribution in [0.15, 0.2) is 28.0 Å². The second-order valence-electron chi connectivity index (χ2n) is 3.12. The van der Waals surface area contributed by atoms with Crippen LogP contribution in [-0.2, 0) is 18.1 Å². The van der Waals surface area contributed by atoms with E-state index in [0.29, 0.717) is 0 Å². The van der Waals surface area contributed by atoms with Crippen molar-refractivity contribution in [1.29, 1.82) is 0 Å². The van der Waals surface area contributed by atoms with Gasteiger partial charge in [-0.2, -0.15) is 0 Å². The van der Waals surface area contributed by atoms with E-state index in [4.69, 9.17) is 21.4 Å². The van der Waals surface area contributed by atoms with Gasteiger partial charge in [-0.25, -0.2) is 16.8 Å². The monoisotopic (exact) mass is 316 g/mol. The van der Waals surface area contributed by atoms with Crippen LogP contribution in [0.4, 0.5) is 0 Å². The molecule has 0 aliphatic carbocycles. The van der Waals surface area contributed by atoms with Crippen molar-refractivity contribution in [2.24, 2.45) is 0 Å². The van der Waals surface area contributed by atoms with Crippen LogP contribution in [0.1, 0.15) is 17.3 Å². The van der Waals surface area contributed by atoms with E-state index in [0.717, 1.165) is 25.1 Å². The van der Waals surface area contributed by atoms with Crippen molar-refractivity contribution in [3.05, 3.63) is 23.8 Å². The molecule has 1 aromatic rings. The molecule has 0 amide bonds. The summed E-state index contributed by atoms with van der Waals surface area (Å²) in [6.07, 6.45) is 0. The zero-order chi connectivity index (χ0) is 13.4. The molecule has 9 heteroatoms. The summed E-state index contributed by atoms with van der Waals surface area (Å²) < 4.78 is 44.4. The highest BCUT2D eigenvalue weighted by Crippen LogP contribution is 2.24. The number of halogens is 2. The fourth-order valence-electron chi connectivity index (χ4n) is 1.06. The highest BCUT2D eigenvalue weighted by molar-refractivity contribution is 8.14. The van der Waals surface area contributed by atoms with Gasteiger partial charge in [0.2, 0.25) is 0 Å². The van der Waals surface area contributed by atoms with Crippen molar-refractivity contribution in [2.75, 3.05) is 0 Å². The molecule has 0 aliphatic rings. The number of hydrogen-bond acceptors (Lipinski definition) is 5. The van der Waals surface area contributed by atoms with Crippen LogP contribution in [0.3, 0.4) is 0 Å². The van der Waals surface area contributed by atoms with Gasteiger partial charge in [0.15, 0.2) is 5.78 Å². The Labute approximate surface area is 107 Å². The van der Waals surface area contributed by atoms with Gasteiger partial charge in [0.1, 0.15) is 0 Å². The predicted octanol–water partition coefficient (Wildman–Crippen LogP) is 1.74. The van der Waals surface area contributed by atoms with E-state index < -0.39 is 33.7 Å². The van der Waals surface area contributed by atoms with Gasteiger partial charge in [0.25, 0.3) is 18.1 Å². The Morgan fingerprint density at radius 3 is 1.53 bits per heavy atom. The first-order valence-electron chi connectivity index (χ1n) is 4.07. The maximum atomic E-state index is 11.1. The molecule has 0 unspecified atom stereocenters. The molecular formula is C8H6Cl2O5S2. The Morgan fingerprint density at radius 1 is 0.941 bits per heavy atom. The summed E-state index contributed by atoms with van der Waals surface area (Å²) in [6.45, 7) is 1.16. The Balaban J connectivity index is 3.68. The molecule has 0 bridgehead atoms. The summed E-state index contributed by atoms with van der Waals surface area (Å²) in [5, 5.41) is 0. The maximum absolute atomic E-state index is 11.1. The maximum Gasteiger partial charge on any atom is 0.261 e. The van der Waals surface area contributed by atoms with Crippen LogP contribution in [0.5, 0.6) is 0 Å². The molecule has 0 saturated heterocycles. The number of rotatable bonds is 3. The van der Waals surface area contributed by atoms with Crippen LogP contribution in [-0.4, -0.2) is 22.6 Å². The third-order valence-electron chi connectivity index (χ3n) is 1.85. The lowest BCUT2D eigenvalue weighted by molar-refractivity contribution is 0.101. The van der Waals surface area contributed by atoms with Gasteiger partial charge in [-0.3, -0.25) is 4.79 Å². The van der Waals surface area contributed by atoms with Crippen LogP contribution in [0.25, 0.3) is 0 Å². The normalized spacial score (nSPS) is 12.4. The molecule has 17 heavy (non-hydrogen) atoms. The largest absolute Gasteiger partial charge is 0.295 e.